The van der Waals surface area contributed by atoms with E-state index in [4.69, 9.17) is 9.47 Å². The molecule has 0 aromatic heterocycles. The van der Waals surface area contributed by atoms with Crippen molar-refractivity contribution in [1.82, 2.24) is 0 Å². The predicted molar refractivity (Wildman–Crippen MR) is 121 cm³/mol. The molecule has 0 aliphatic heterocycles. The van der Waals surface area contributed by atoms with Gasteiger partial charge in [0.2, 0.25) is 0 Å². The van der Waals surface area contributed by atoms with Crippen LogP contribution in [0.2, 0.25) is 0 Å². The number of aliphatic hydroxyl groups excluding tert-OH is 2. The van der Waals surface area contributed by atoms with Gasteiger partial charge < -0.3 is 19.7 Å². The van der Waals surface area contributed by atoms with Gasteiger partial charge in [0.25, 0.3) is 0 Å². The van der Waals surface area contributed by atoms with Crippen molar-refractivity contribution < 1.29 is 29.3 Å². The summed E-state index contributed by atoms with van der Waals surface area (Å²) in [7, 11) is 0. The minimum Gasteiger partial charge on any atom is -0.459 e. The van der Waals surface area contributed by atoms with Gasteiger partial charge in [-0.2, -0.15) is 0 Å². The van der Waals surface area contributed by atoms with Crippen LogP contribution in [0.1, 0.15) is 94.4 Å². The number of hydrogen-bond acceptors (Lipinski definition) is 6. The van der Waals surface area contributed by atoms with Crippen molar-refractivity contribution in [3.8, 4) is 0 Å². The first-order chi connectivity index (χ1) is 14.4. The maximum absolute atomic E-state index is 12.2. The molecule has 6 heteroatoms. The molecule has 0 bridgehead atoms. The third kappa shape index (κ3) is 9.40. The van der Waals surface area contributed by atoms with Crippen LogP contribution < -0.4 is 0 Å². The zero-order valence-corrected chi connectivity index (χ0v) is 19.9. The highest BCUT2D eigenvalue weighted by molar-refractivity contribution is 5.93. The Balaban J connectivity index is 2.53. The van der Waals surface area contributed by atoms with Gasteiger partial charge in [0.15, 0.2) is 0 Å². The Labute approximate surface area is 187 Å². The Kier molecular flexibility index (Phi) is 10.7. The monoisotopic (exact) mass is 436 g/mol. The molecule has 2 unspecified atom stereocenters. The number of rotatable bonds is 13. The van der Waals surface area contributed by atoms with Crippen LogP contribution in [0.25, 0.3) is 0 Å². The lowest BCUT2D eigenvalue weighted by Crippen LogP contribution is -2.27. The van der Waals surface area contributed by atoms with Crippen LogP contribution >= 0.6 is 0 Å². The van der Waals surface area contributed by atoms with Crippen LogP contribution in [-0.2, 0) is 9.47 Å². The van der Waals surface area contributed by atoms with E-state index in [0.717, 1.165) is 19.3 Å². The lowest BCUT2D eigenvalue weighted by atomic mass is 9.80. The summed E-state index contributed by atoms with van der Waals surface area (Å²) in [6.07, 6.45) is 2.49. The van der Waals surface area contributed by atoms with Crippen LogP contribution in [0.15, 0.2) is 24.3 Å². The van der Waals surface area contributed by atoms with Crippen LogP contribution in [0.5, 0.6) is 0 Å². The topological polar surface area (TPSA) is 93.1 Å². The highest BCUT2D eigenvalue weighted by Gasteiger charge is 2.25. The Morgan fingerprint density at radius 2 is 1.16 bits per heavy atom. The normalized spacial score (nSPS) is 14.1. The second-order valence-corrected chi connectivity index (χ2v) is 9.53. The van der Waals surface area contributed by atoms with Gasteiger partial charge in [0.1, 0.15) is 13.2 Å². The maximum Gasteiger partial charge on any atom is 0.338 e. The van der Waals surface area contributed by atoms with Crippen molar-refractivity contribution in [1.29, 1.82) is 0 Å². The van der Waals surface area contributed by atoms with Gasteiger partial charge in [-0.05, 0) is 47.9 Å². The van der Waals surface area contributed by atoms with E-state index in [2.05, 4.69) is 41.5 Å². The molecule has 2 atom stereocenters. The molecule has 1 aromatic carbocycles. The molecule has 6 nitrogen and oxygen atoms in total. The first kappa shape index (κ1) is 27.1. The minimum atomic E-state index is -0.721. The average Bonchev–Trinajstić information content (AvgIpc) is 2.75. The molecule has 0 saturated carbocycles. The van der Waals surface area contributed by atoms with E-state index >= 15 is 0 Å². The van der Waals surface area contributed by atoms with Gasteiger partial charge in [-0.3, -0.25) is 0 Å². The molecular weight excluding hydrogens is 396 g/mol. The van der Waals surface area contributed by atoms with Crippen LogP contribution in [0.4, 0.5) is 0 Å². The van der Waals surface area contributed by atoms with Crippen LogP contribution in [0.3, 0.4) is 0 Å². The number of carbonyl (C=O) groups is 2. The summed E-state index contributed by atoms with van der Waals surface area (Å²) in [6.45, 7) is 12.3. The summed E-state index contributed by atoms with van der Waals surface area (Å²) in [5.41, 5.74) is 0.586. The molecule has 0 radical (unpaired) electrons. The maximum atomic E-state index is 12.2. The van der Waals surface area contributed by atoms with Gasteiger partial charge in [-0.1, -0.05) is 60.8 Å². The molecule has 2 N–H and O–H groups in total. The van der Waals surface area contributed by atoms with Gasteiger partial charge in [-0.25, -0.2) is 9.59 Å². The van der Waals surface area contributed by atoms with Crippen molar-refractivity contribution in [2.24, 2.45) is 10.8 Å². The molecule has 0 fully saturated rings. The summed E-state index contributed by atoms with van der Waals surface area (Å²) in [5, 5.41) is 20.3. The fourth-order valence-electron chi connectivity index (χ4n) is 3.26. The van der Waals surface area contributed by atoms with E-state index in [1.54, 1.807) is 0 Å². The van der Waals surface area contributed by atoms with E-state index in [9.17, 15) is 19.8 Å². The Morgan fingerprint density at radius 1 is 0.774 bits per heavy atom. The smallest absolute Gasteiger partial charge is 0.338 e. The Hall–Kier alpha value is -1.92. The van der Waals surface area contributed by atoms with Gasteiger partial charge >= 0.3 is 11.9 Å². The Bertz CT molecular complexity index is 690. The molecular formula is C25H40O6. The summed E-state index contributed by atoms with van der Waals surface area (Å²) >= 11 is 0. The molecule has 0 aliphatic carbocycles. The zero-order valence-electron chi connectivity index (χ0n) is 19.9. The first-order valence-electron chi connectivity index (χ1n) is 11.3. The summed E-state index contributed by atoms with van der Waals surface area (Å²) in [4.78, 5) is 24.4. The fourth-order valence-corrected chi connectivity index (χ4v) is 3.26. The second-order valence-electron chi connectivity index (χ2n) is 9.53. The number of benzene rings is 1. The highest BCUT2D eigenvalue weighted by atomic mass is 16.5. The van der Waals surface area contributed by atoms with Crippen LogP contribution in [-0.4, -0.2) is 47.6 Å². The molecule has 1 aromatic rings. The molecule has 1 rings (SSSR count). The molecule has 176 valence electrons. The van der Waals surface area contributed by atoms with Crippen LogP contribution in [0, 0.1) is 10.8 Å². The van der Waals surface area contributed by atoms with Crippen molar-refractivity contribution in [3.05, 3.63) is 35.4 Å². The van der Waals surface area contributed by atoms with E-state index in [-0.39, 0.29) is 24.0 Å². The van der Waals surface area contributed by atoms with E-state index in [1.807, 2.05) is 0 Å². The number of aliphatic hydroxyl groups is 2. The summed E-state index contributed by atoms with van der Waals surface area (Å²) in [5.74, 6) is -1.10. The van der Waals surface area contributed by atoms with E-state index < -0.39 is 24.1 Å². The number of hydrogen-bond donors (Lipinski definition) is 2. The second kappa shape index (κ2) is 12.2. The highest BCUT2D eigenvalue weighted by Crippen LogP contribution is 2.31. The lowest BCUT2D eigenvalue weighted by molar-refractivity contribution is 0.0108. The molecule has 0 spiro atoms. The van der Waals surface area contributed by atoms with Crippen molar-refractivity contribution in [3.63, 3.8) is 0 Å². The molecule has 31 heavy (non-hydrogen) atoms. The first-order valence-corrected chi connectivity index (χ1v) is 11.3. The van der Waals surface area contributed by atoms with E-state index in [1.165, 1.54) is 24.3 Å². The van der Waals surface area contributed by atoms with Gasteiger partial charge in [0.05, 0.1) is 23.3 Å². The predicted octanol–water partition coefficient (Wildman–Crippen LogP) is 4.76. The standard InChI is InChI=1S/C25H40O6/c1-7-24(4,5)14-20(26)16-30-22(28)18-10-12-19(13-11-18)23(29)31-17-21(27)15-25(6,8-2)9-3/h10-13,20-21,26-27H,7-9,14-17H2,1-6H3. The third-order valence-electron chi connectivity index (χ3n) is 6.35. The van der Waals surface area contributed by atoms with Crippen molar-refractivity contribution >= 4 is 11.9 Å². The molecule has 0 amide bonds. The average molecular weight is 437 g/mol. The lowest BCUT2D eigenvalue weighted by Gasteiger charge is -2.29. The number of carbonyl (C=O) groups excluding carboxylic acids is 2. The van der Waals surface area contributed by atoms with Crippen molar-refractivity contribution in [2.45, 2.75) is 85.9 Å². The SMILES string of the molecule is CCC(C)(C)CC(O)COC(=O)c1ccc(C(=O)OCC(O)CC(C)(CC)CC)cc1. The largest absolute Gasteiger partial charge is 0.459 e. The zero-order chi connectivity index (χ0) is 23.7. The molecule has 0 aliphatic rings. The number of ether oxygens (including phenoxy) is 2. The molecule has 0 heterocycles. The third-order valence-corrected chi connectivity index (χ3v) is 6.35. The van der Waals surface area contributed by atoms with Crippen molar-refractivity contribution in [2.75, 3.05) is 13.2 Å². The quantitative estimate of drug-likeness (QED) is 0.433. The van der Waals surface area contributed by atoms with Gasteiger partial charge in [0, 0.05) is 0 Å². The number of esters is 2. The minimum absolute atomic E-state index is 0.0207. The van der Waals surface area contributed by atoms with Gasteiger partial charge in [-0.15, -0.1) is 0 Å². The Morgan fingerprint density at radius 3 is 1.52 bits per heavy atom. The summed E-state index contributed by atoms with van der Waals surface area (Å²) in [6, 6.07) is 5.96. The summed E-state index contributed by atoms with van der Waals surface area (Å²) < 4.78 is 10.4. The fraction of sp³-hybridized carbons (Fsp3) is 0.680. The molecule has 0 saturated heterocycles. The van der Waals surface area contributed by atoms with E-state index in [0.29, 0.717) is 24.0 Å².